The number of nitrogens with zero attached hydrogens (tertiary/aromatic N) is 2. The molecule has 0 fully saturated rings. The van der Waals surface area contributed by atoms with Crippen LogP contribution in [0.1, 0.15) is 11.3 Å². The van der Waals surface area contributed by atoms with E-state index in [9.17, 15) is 20.0 Å². The van der Waals surface area contributed by atoms with Crippen LogP contribution >= 0.6 is 15.9 Å². The molecule has 1 N–H and O–H groups in total. The molecule has 1 aromatic heterocycles. The average Bonchev–Trinajstić information content (AvgIpc) is 2.55. The molecule has 0 aliphatic heterocycles. The second kappa shape index (κ2) is 6.25. The highest BCUT2D eigenvalue weighted by Crippen LogP contribution is 2.20. The Morgan fingerprint density at radius 2 is 1.96 bits per heavy atom. The van der Waals surface area contributed by atoms with Crippen LogP contribution < -0.4 is 5.63 Å². The van der Waals surface area contributed by atoms with Crippen molar-refractivity contribution in [1.29, 1.82) is 0 Å². The molecule has 0 aliphatic carbocycles. The van der Waals surface area contributed by atoms with Gasteiger partial charge in [-0.3, -0.25) is 10.1 Å². The van der Waals surface area contributed by atoms with Crippen molar-refractivity contribution in [2.75, 3.05) is 0 Å². The van der Waals surface area contributed by atoms with E-state index in [2.05, 4.69) is 20.9 Å². The molecule has 0 spiro atoms. The van der Waals surface area contributed by atoms with Gasteiger partial charge in [-0.2, -0.15) is 0 Å². The Morgan fingerprint density at radius 3 is 2.62 bits per heavy atom. The van der Waals surface area contributed by atoms with Gasteiger partial charge in [-0.05, 0) is 18.2 Å². The van der Waals surface area contributed by atoms with E-state index in [4.69, 9.17) is 4.42 Å². The van der Waals surface area contributed by atoms with E-state index in [1.54, 1.807) is 24.3 Å². The number of aliphatic hydroxyl groups is 1. The lowest BCUT2D eigenvalue weighted by atomic mass is 10.1. The summed E-state index contributed by atoms with van der Waals surface area (Å²) in [5.41, 5.74) is -0.315. The SMILES string of the molecule is O=c1oc2cc([N+](=O)[O-])ccc2nc1C=C(O)c1ccc(Br)cc1. The summed E-state index contributed by atoms with van der Waals surface area (Å²) in [6, 6.07) is 10.6. The fraction of sp³-hybridized carbons (Fsp3) is 0. The number of hydrogen-bond donors (Lipinski definition) is 1. The first-order valence-electron chi connectivity index (χ1n) is 6.70. The zero-order chi connectivity index (χ0) is 17.3. The number of nitro groups is 1. The molecule has 0 amide bonds. The van der Waals surface area contributed by atoms with Crippen LogP contribution in [0.2, 0.25) is 0 Å². The van der Waals surface area contributed by atoms with Gasteiger partial charge in [-0.1, -0.05) is 28.1 Å². The summed E-state index contributed by atoms with van der Waals surface area (Å²) in [7, 11) is 0. The van der Waals surface area contributed by atoms with Crippen LogP contribution in [0, 0.1) is 10.1 Å². The lowest BCUT2D eigenvalue weighted by molar-refractivity contribution is -0.384. The third-order valence-electron chi connectivity index (χ3n) is 3.22. The van der Waals surface area contributed by atoms with Crippen LogP contribution in [0.5, 0.6) is 0 Å². The molecule has 0 saturated heterocycles. The van der Waals surface area contributed by atoms with Gasteiger partial charge in [-0.25, -0.2) is 9.78 Å². The van der Waals surface area contributed by atoms with Gasteiger partial charge in [0.05, 0.1) is 11.0 Å². The number of hydrogen-bond acceptors (Lipinski definition) is 6. The van der Waals surface area contributed by atoms with Crippen LogP contribution in [-0.2, 0) is 0 Å². The van der Waals surface area contributed by atoms with Crippen molar-refractivity contribution >= 4 is 44.6 Å². The molecule has 0 aliphatic rings. The Kier molecular flexibility index (Phi) is 4.13. The average molecular weight is 389 g/mol. The van der Waals surface area contributed by atoms with Gasteiger partial charge in [0.1, 0.15) is 11.3 Å². The summed E-state index contributed by atoms with van der Waals surface area (Å²) in [6.45, 7) is 0. The van der Waals surface area contributed by atoms with Crippen molar-refractivity contribution in [3.05, 3.63) is 78.7 Å². The van der Waals surface area contributed by atoms with Crippen LogP contribution in [0.15, 0.2) is 56.1 Å². The first-order valence-corrected chi connectivity index (χ1v) is 7.49. The predicted molar refractivity (Wildman–Crippen MR) is 91.6 cm³/mol. The molecule has 8 heteroatoms. The van der Waals surface area contributed by atoms with Gasteiger partial charge in [0, 0.05) is 22.2 Å². The summed E-state index contributed by atoms with van der Waals surface area (Å²) in [5.74, 6) is -0.149. The number of benzene rings is 2. The summed E-state index contributed by atoms with van der Waals surface area (Å²) >= 11 is 3.29. The second-order valence-electron chi connectivity index (χ2n) is 4.83. The fourth-order valence-electron chi connectivity index (χ4n) is 2.04. The zero-order valence-corrected chi connectivity index (χ0v) is 13.6. The minimum atomic E-state index is -0.799. The monoisotopic (exact) mass is 388 g/mol. The van der Waals surface area contributed by atoms with Gasteiger partial charge in [0.15, 0.2) is 11.3 Å². The summed E-state index contributed by atoms with van der Waals surface area (Å²) in [5, 5.41) is 20.9. The highest BCUT2D eigenvalue weighted by molar-refractivity contribution is 9.10. The van der Waals surface area contributed by atoms with E-state index in [0.717, 1.165) is 10.5 Å². The maximum absolute atomic E-state index is 12.0. The van der Waals surface area contributed by atoms with Gasteiger partial charge >= 0.3 is 5.63 Å². The highest BCUT2D eigenvalue weighted by atomic mass is 79.9. The molecule has 0 radical (unpaired) electrons. The molecule has 1 heterocycles. The van der Waals surface area contributed by atoms with E-state index in [0.29, 0.717) is 5.56 Å². The maximum Gasteiger partial charge on any atom is 0.362 e. The van der Waals surface area contributed by atoms with E-state index in [1.807, 2.05) is 0 Å². The minimum absolute atomic E-state index is 0.00878. The third-order valence-corrected chi connectivity index (χ3v) is 3.75. The van der Waals surface area contributed by atoms with E-state index in [1.165, 1.54) is 18.2 Å². The number of halogens is 1. The number of non-ortho nitro benzene ring substituents is 1. The molecule has 7 nitrogen and oxygen atoms in total. The van der Waals surface area contributed by atoms with Gasteiger partial charge < -0.3 is 9.52 Å². The predicted octanol–water partition coefficient (Wildman–Crippen LogP) is 3.91. The first-order chi connectivity index (χ1) is 11.4. The fourth-order valence-corrected chi connectivity index (χ4v) is 2.31. The van der Waals surface area contributed by atoms with Crippen LogP contribution in [-0.4, -0.2) is 15.0 Å². The quantitative estimate of drug-likeness (QED) is 0.414. The van der Waals surface area contributed by atoms with E-state index < -0.39 is 10.5 Å². The number of fused-ring (bicyclic) bond motifs is 1. The van der Waals surface area contributed by atoms with Crippen LogP contribution in [0.3, 0.4) is 0 Å². The van der Waals surface area contributed by atoms with Crippen molar-refractivity contribution in [2.24, 2.45) is 0 Å². The molecule has 0 atom stereocenters. The van der Waals surface area contributed by atoms with Gasteiger partial charge in [-0.15, -0.1) is 0 Å². The molecule has 120 valence electrons. The van der Waals surface area contributed by atoms with Crippen LogP contribution in [0.25, 0.3) is 22.9 Å². The van der Waals surface area contributed by atoms with Crippen molar-refractivity contribution in [1.82, 2.24) is 4.98 Å². The number of nitro benzene ring substituents is 1. The van der Waals surface area contributed by atoms with Crippen LogP contribution in [0.4, 0.5) is 5.69 Å². The zero-order valence-electron chi connectivity index (χ0n) is 12.0. The second-order valence-corrected chi connectivity index (χ2v) is 5.75. The molecule has 0 unspecified atom stereocenters. The van der Waals surface area contributed by atoms with Gasteiger partial charge in [0.2, 0.25) is 0 Å². The Hall–Kier alpha value is -3.00. The number of rotatable bonds is 3. The van der Waals surface area contributed by atoms with Crippen molar-refractivity contribution in [3.63, 3.8) is 0 Å². The minimum Gasteiger partial charge on any atom is -0.507 e. The molecular formula is C16H9BrN2O5. The van der Waals surface area contributed by atoms with Crippen molar-refractivity contribution in [2.45, 2.75) is 0 Å². The molecule has 3 rings (SSSR count). The molecule has 2 aromatic carbocycles. The topological polar surface area (TPSA) is 106 Å². The first kappa shape index (κ1) is 15.9. The molecule has 3 aromatic rings. The molecule has 0 bridgehead atoms. The van der Waals surface area contributed by atoms with Gasteiger partial charge in [0.25, 0.3) is 5.69 Å². The largest absolute Gasteiger partial charge is 0.507 e. The molecular weight excluding hydrogens is 380 g/mol. The Morgan fingerprint density at radius 1 is 1.25 bits per heavy atom. The third kappa shape index (κ3) is 3.18. The molecule has 24 heavy (non-hydrogen) atoms. The van der Waals surface area contributed by atoms with Crippen molar-refractivity contribution < 1.29 is 14.4 Å². The number of aliphatic hydroxyl groups excluding tert-OH is 1. The highest BCUT2D eigenvalue weighted by Gasteiger charge is 2.12. The summed E-state index contributed by atoms with van der Waals surface area (Å²) < 4.78 is 5.90. The molecule has 0 saturated carbocycles. The Bertz CT molecular complexity index is 1020. The van der Waals surface area contributed by atoms with Crippen molar-refractivity contribution in [3.8, 4) is 0 Å². The Labute approximate surface area is 143 Å². The summed E-state index contributed by atoms with van der Waals surface area (Å²) in [4.78, 5) is 26.2. The summed E-state index contributed by atoms with van der Waals surface area (Å²) in [6.07, 6.45) is 1.19. The lowest BCUT2D eigenvalue weighted by Gasteiger charge is -2.01. The standard InChI is InChI=1S/C16H9BrN2O5/c17-10-3-1-9(2-4-10)14(20)8-13-16(21)24-15-7-11(19(22)23)5-6-12(15)18-13/h1-8,20H. The normalized spacial score (nSPS) is 11.6. The van der Waals surface area contributed by atoms with E-state index in [-0.39, 0.29) is 28.2 Å². The van der Waals surface area contributed by atoms with E-state index >= 15 is 0 Å². The maximum atomic E-state index is 12.0. The smallest absolute Gasteiger partial charge is 0.362 e. The lowest BCUT2D eigenvalue weighted by Crippen LogP contribution is -2.06. The Balaban J connectivity index is 2.06. The number of aromatic nitrogens is 1.